The van der Waals surface area contributed by atoms with Crippen molar-refractivity contribution in [2.24, 2.45) is 0 Å². The Balaban J connectivity index is 2.47. The van der Waals surface area contributed by atoms with Crippen LogP contribution >= 0.6 is 0 Å². The fourth-order valence-electron chi connectivity index (χ4n) is 2.62. The van der Waals surface area contributed by atoms with Crippen LogP contribution in [-0.2, 0) is 0 Å². The van der Waals surface area contributed by atoms with Crippen molar-refractivity contribution >= 4 is 5.95 Å². The summed E-state index contributed by atoms with van der Waals surface area (Å²) in [4.78, 5) is 4.70. The van der Waals surface area contributed by atoms with Gasteiger partial charge in [0, 0.05) is 17.8 Å². The molecule has 2 unspecified atom stereocenters. The van der Waals surface area contributed by atoms with E-state index < -0.39 is 0 Å². The smallest absolute Gasteiger partial charge is 0.203 e. The van der Waals surface area contributed by atoms with Crippen LogP contribution in [0.15, 0.2) is 0 Å². The summed E-state index contributed by atoms with van der Waals surface area (Å²) in [5.74, 6) is 1.56. The molecule has 1 N–H and O–H groups in total. The minimum absolute atomic E-state index is 0.507. The number of anilines is 1. The van der Waals surface area contributed by atoms with Gasteiger partial charge in [-0.2, -0.15) is 0 Å². The normalized spacial score (nSPS) is 25.2. The zero-order valence-electron chi connectivity index (χ0n) is 10.3. The van der Waals surface area contributed by atoms with E-state index in [0.29, 0.717) is 18.0 Å². The van der Waals surface area contributed by atoms with Gasteiger partial charge in [0.25, 0.3) is 0 Å². The standard InChI is InChI=1S/C12H21N3/c1-7(2)11-10(5)15-9(4)6-8(3)13-12(15)14-11/h7-9H,6H2,1-5H3,(H,13,14). The van der Waals surface area contributed by atoms with Gasteiger partial charge in [0.05, 0.1) is 5.69 Å². The van der Waals surface area contributed by atoms with Gasteiger partial charge in [0.1, 0.15) is 0 Å². The average molecular weight is 207 g/mol. The van der Waals surface area contributed by atoms with E-state index in [2.05, 4.69) is 44.5 Å². The van der Waals surface area contributed by atoms with Crippen LogP contribution in [0.3, 0.4) is 0 Å². The molecule has 1 aliphatic rings. The Morgan fingerprint density at radius 3 is 2.67 bits per heavy atom. The molecule has 0 saturated carbocycles. The summed E-state index contributed by atoms with van der Waals surface area (Å²) < 4.78 is 2.34. The summed E-state index contributed by atoms with van der Waals surface area (Å²) in [6.45, 7) is 11.1. The van der Waals surface area contributed by atoms with Crippen LogP contribution in [0, 0.1) is 6.92 Å². The third-order valence-electron chi connectivity index (χ3n) is 3.24. The zero-order chi connectivity index (χ0) is 11.2. The Labute approximate surface area is 91.9 Å². The predicted molar refractivity (Wildman–Crippen MR) is 63.5 cm³/mol. The average Bonchev–Trinajstić information content (AvgIpc) is 2.42. The second-order valence-corrected chi connectivity index (χ2v) is 5.06. The van der Waals surface area contributed by atoms with Crippen LogP contribution < -0.4 is 5.32 Å². The Morgan fingerprint density at radius 1 is 1.40 bits per heavy atom. The fourth-order valence-corrected chi connectivity index (χ4v) is 2.62. The molecule has 0 aromatic carbocycles. The Morgan fingerprint density at radius 2 is 2.07 bits per heavy atom. The topological polar surface area (TPSA) is 29.9 Å². The second-order valence-electron chi connectivity index (χ2n) is 5.06. The van der Waals surface area contributed by atoms with Crippen LogP contribution in [0.4, 0.5) is 5.95 Å². The molecule has 2 rings (SSSR count). The van der Waals surface area contributed by atoms with Gasteiger partial charge in [-0.3, -0.25) is 0 Å². The monoisotopic (exact) mass is 207 g/mol. The number of nitrogens with zero attached hydrogens (tertiary/aromatic N) is 2. The molecule has 2 atom stereocenters. The number of rotatable bonds is 1. The van der Waals surface area contributed by atoms with E-state index in [9.17, 15) is 0 Å². The van der Waals surface area contributed by atoms with Crippen LogP contribution in [-0.4, -0.2) is 15.6 Å². The lowest BCUT2D eigenvalue weighted by Gasteiger charge is -2.29. The van der Waals surface area contributed by atoms with Gasteiger partial charge < -0.3 is 9.88 Å². The van der Waals surface area contributed by atoms with E-state index in [1.54, 1.807) is 0 Å². The second kappa shape index (κ2) is 3.54. The molecule has 0 bridgehead atoms. The lowest BCUT2D eigenvalue weighted by atomic mass is 10.1. The summed E-state index contributed by atoms with van der Waals surface area (Å²) in [7, 11) is 0. The highest BCUT2D eigenvalue weighted by Gasteiger charge is 2.25. The van der Waals surface area contributed by atoms with Gasteiger partial charge in [0.15, 0.2) is 0 Å². The molecule has 0 aliphatic carbocycles. The maximum Gasteiger partial charge on any atom is 0.203 e. The minimum Gasteiger partial charge on any atom is -0.353 e. The fraction of sp³-hybridized carbons (Fsp3) is 0.750. The van der Waals surface area contributed by atoms with Crippen molar-refractivity contribution in [3.8, 4) is 0 Å². The van der Waals surface area contributed by atoms with Crippen LogP contribution in [0.25, 0.3) is 0 Å². The summed E-state index contributed by atoms with van der Waals surface area (Å²) in [5.41, 5.74) is 2.56. The lowest BCUT2D eigenvalue weighted by molar-refractivity contribution is 0.442. The quantitative estimate of drug-likeness (QED) is 0.767. The van der Waals surface area contributed by atoms with Gasteiger partial charge >= 0.3 is 0 Å². The molecule has 0 radical (unpaired) electrons. The molecule has 2 heterocycles. The molecular weight excluding hydrogens is 186 g/mol. The summed E-state index contributed by atoms with van der Waals surface area (Å²) in [6.07, 6.45) is 1.18. The highest BCUT2D eigenvalue weighted by Crippen LogP contribution is 2.32. The molecule has 0 saturated heterocycles. The number of fused-ring (bicyclic) bond motifs is 1. The lowest BCUT2D eigenvalue weighted by Crippen LogP contribution is -2.28. The molecule has 1 aromatic rings. The molecule has 3 nitrogen and oxygen atoms in total. The number of hydrogen-bond donors (Lipinski definition) is 1. The molecule has 0 amide bonds. The van der Waals surface area contributed by atoms with Gasteiger partial charge in [-0.05, 0) is 33.1 Å². The molecule has 1 aliphatic heterocycles. The number of nitrogens with one attached hydrogen (secondary N) is 1. The van der Waals surface area contributed by atoms with Crippen molar-refractivity contribution < 1.29 is 0 Å². The van der Waals surface area contributed by atoms with E-state index in [0.717, 1.165) is 5.95 Å². The zero-order valence-corrected chi connectivity index (χ0v) is 10.3. The van der Waals surface area contributed by atoms with Crippen molar-refractivity contribution in [2.75, 3.05) is 5.32 Å². The molecule has 84 valence electrons. The third kappa shape index (κ3) is 1.64. The maximum atomic E-state index is 4.70. The van der Waals surface area contributed by atoms with Gasteiger partial charge in [-0.25, -0.2) is 4.98 Å². The first-order valence-corrected chi connectivity index (χ1v) is 5.86. The van der Waals surface area contributed by atoms with E-state index in [1.807, 2.05) is 0 Å². The Hall–Kier alpha value is -0.990. The molecule has 1 aromatic heterocycles. The molecule has 15 heavy (non-hydrogen) atoms. The van der Waals surface area contributed by atoms with E-state index >= 15 is 0 Å². The van der Waals surface area contributed by atoms with Gasteiger partial charge in [0.2, 0.25) is 5.95 Å². The van der Waals surface area contributed by atoms with Crippen molar-refractivity contribution in [3.05, 3.63) is 11.4 Å². The van der Waals surface area contributed by atoms with Crippen molar-refractivity contribution in [1.82, 2.24) is 9.55 Å². The number of aromatic nitrogens is 2. The van der Waals surface area contributed by atoms with Crippen LogP contribution in [0.5, 0.6) is 0 Å². The van der Waals surface area contributed by atoms with Crippen LogP contribution in [0.1, 0.15) is 57.5 Å². The SMILES string of the molecule is Cc1c(C(C)C)nc2n1C(C)CC(C)N2. The molecule has 0 spiro atoms. The Bertz CT molecular complexity index is 365. The maximum absolute atomic E-state index is 4.70. The summed E-state index contributed by atoms with van der Waals surface area (Å²) in [5, 5.41) is 3.46. The first kappa shape index (κ1) is 10.5. The number of imidazole rings is 1. The van der Waals surface area contributed by atoms with Gasteiger partial charge in [-0.15, -0.1) is 0 Å². The largest absolute Gasteiger partial charge is 0.353 e. The van der Waals surface area contributed by atoms with Crippen LogP contribution in [0.2, 0.25) is 0 Å². The molecular formula is C12H21N3. The Kier molecular flexibility index (Phi) is 2.49. The van der Waals surface area contributed by atoms with Gasteiger partial charge in [-0.1, -0.05) is 13.8 Å². The highest BCUT2D eigenvalue weighted by atomic mass is 15.3. The van der Waals surface area contributed by atoms with Crippen molar-refractivity contribution in [1.29, 1.82) is 0 Å². The van der Waals surface area contributed by atoms with E-state index in [-0.39, 0.29) is 0 Å². The summed E-state index contributed by atoms with van der Waals surface area (Å²) >= 11 is 0. The first-order chi connectivity index (χ1) is 7.00. The van der Waals surface area contributed by atoms with E-state index in [4.69, 9.17) is 4.98 Å². The highest BCUT2D eigenvalue weighted by molar-refractivity contribution is 5.38. The molecule has 0 fully saturated rings. The first-order valence-electron chi connectivity index (χ1n) is 5.86. The minimum atomic E-state index is 0.507. The van der Waals surface area contributed by atoms with E-state index in [1.165, 1.54) is 17.8 Å². The molecule has 3 heteroatoms. The summed E-state index contributed by atoms with van der Waals surface area (Å²) in [6, 6.07) is 1.10. The van der Waals surface area contributed by atoms with Crippen molar-refractivity contribution in [2.45, 2.75) is 59.0 Å². The third-order valence-corrected chi connectivity index (χ3v) is 3.24. The van der Waals surface area contributed by atoms with Crippen molar-refractivity contribution in [3.63, 3.8) is 0 Å². The number of hydrogen-bond acceptors (Lipinski definition) is 2. The predicted octanol–water partition coefficient (Wildman–Crippen LogP) is 3.08.